The Morgan fingerprint density at radius 3 is 2.73 bits per heavy atom. The number of pyridine rings is 1. The molecule has 5 nitrogen and oxygen atoms in total. The molecule has 0 saturated carbocycles. The number of hydrogen-bond donors (Lipinski definition) is 2. The molecule has 1 heterocycles. The Bertz CT molecular complexity index is 410. The van der Waals surface area contributed by atoms with Gasteiger partial charge in [0, 0.05) is 11.8 Å². The molecule has 0 saturated heterocycles. The number of hydrogen-bond acceptors (Lipinski definition) is 3. The summed E-state index contributed by atoms with van der Waals surface area (Å²) in [5.41, 5.74) is 0.464. The largest absolute Gasteiger partial charge is 0.481 e. The summed E-state index contributed by atoms with van der Waals surface area (Å²) in [6, 6.07) is 4.73. The monoisotopic (exact) mass is 211 g/mol. The van der Waals surface area contributed by atoms with Gasteiger partial charge in [-0.3, -0.25) is 9.59 Å². The molecular weight excluding hydrogens is 198 g/mol. The van der Waals surface area contributed by atoms with Crippen LogP contribution in [0.25, 0.3) is 0 Å². The lowest BCUT2D eigenvalue weighted by molar-refractivity contribution is -0.139. The minimum absolute atomic E-state index is 0.0117. The van der Waals surface area contributed by atoms with Crippen molar-refractivity contribution in [1.29, 1.82) is 0 Å². The topological polar surface area (TPSA) is 79.5 Å². The Morgan fingerprint density at radius 2 is 2.20 bits per heavy atom. The molecule has 1 atom stereocenters. The summed E-state index contributed by atoms with van der Waals surface area (Å²) in [4.78, 5) is 21.7. The molecule has 1 aromatic heterocycles. The lowest BCUT2D eigenvalue weighted by atomic mass is 10.2. The molecule has 0 spiro atoms. The van der Waals surface area contributed by atoms with Crippen molar-refractivity contribution in [2.45, 2.75) is 26.0 Å². The molecular formula is C10H13NO4. The Hall–Kier alpha value is -1.62. The van der Waals surface area contributed by atoms with Gasteiger partial charge in [-0.15, -0.1) is 0 Å². The number of carboxylic acids is 1. The van der Waals surface area contributed by atoms with Crippen LogP contribution in [0.3, 0.4) is 0 Å². The van der Waals surface area contributed by atoms with E-state index in [1.54, 1.807) is 19.1 Å². The molecule has 0 amide bonds. The summed E-state index contributed by atoms with van der Waals surface area (Å²) >= 11 is 0. The second kappa shape index (κ2) is 4.75. The van der Waals surface area contributed by atoms with Gasteiger partial charge in [-0.05, 0) is 13.0 Å². The molecule has 0 aliphatic heterocycles. The maximum atomic E-state index is 11.4. The van der Waals surface area contributed by atoms with Gasteiger partial charge in [-0.2, -0.15) is 0 Å². The molecule has 0 aliphatic rings. The molecule has 1 aromatic rings. The van der Waals surface area contributed by atoms with E-state index in [1.165, 1.54) is 10.6 Å². The first-order valence-electron chi connectivity index (χ1n) is 4.57. The Morgan fingerprint density at radius 1 is 1.53 bits per heavy atom. The lowest BCUT2D eigenvalue weighted by Gasteiger charge is -2.12. The highest BCUT2D eigenvalue weighted by atomic mass is 16.4. The SMILES string of the molecule is Cc1cccc(=O)n1CC(O)CC(=O)O. The summed E-state index contributed by atoms with van der Waals surface area (Å²) in [6.07, 6.45) is -1.40. The van der Waals surface area contributed by atoms with Crippen LogP contribution in [0.5, 0.6) is 0 Å². The van der Waals surface area contributed by atoms with Gasteiger partial charge in [-0.25, -0.2) is 0 Å². The van der Waals surface area contributed by atoms with Gasteiger partial charge in [0.25, 0.3) is 5.56 Å². The number of aryl methyl sites for hydroxylation is 1. The fourth-order valence-corrected chi connectivity index (χ4v) is 1.33. The zero-order valence-corrected chi connectivity index (χ0v) is 8.38. The van der Waals surface area contributed by atoms with Crippen LogP contribution < -0.4 is 5.56 Å². The van der Waals surface area contributed by atoms with E-state index in [1.807, 2.05) is 0 Å². The molecule has 15 heavy (non-hydrogen) atoms. The highest BCUT2D eigenvalue weighted by Gasteiger charge is 2.11. The van der Waals surface area contributed by atoms with Crippen LogP contribution in [0.4, 0.5) is 0 Å². The maximum absolute atomic E-state index is 11.4. The van der Waals surface area contributed by atoms with Crippen molar-refractivity contribution in [3.8, 4) is 0 Å². The number of carbonyl (C=O) groups is 1. The molecule has 1 unspecified atom stereocenters. The standard InChI is InChI=1S/C10H13NO4/c1-7-3-2-4-9(13)11(7)6-8(12)5-10(14)15/h2-4,8,12H,5-6H2,1H3,(H,14,15). The third-order valence-electron chi connectivity index (χ3n) is 2.07. The van der Waals surface area contributed by atoms with Crippen LogP contribution in [-0.4, -0.2) is 26.9 Å². The molecule has 0 aromatic carbocycles. The molecule has 2 N–H and O–H groups in total. The van der Waals surface area contributed by atoms with Crippen LogP contribution >= 0.6 is 0 Å². The summed E-state index contributed by atoms with van der Waals surface area (Å²) in [6.45, 7) is 1.74. The highest BCUT2D eigenvalue weighted by Crippen LogP contribution is 1.99. The van der Waals surface area contributed by atoms with Crippen molar-refractivity contribution < 1.29 is 15.0 Å². The summed E-state index contributed by atoms with van der Waals surface area (Å²) in [7, 11) is 0. The van der Waals surface area contributed by atoms with Gasteiger partial charge in [0.15, 0.2) is 0 Å². The quantitative estimate of drug-likeness (QED) is 0.734. The van der Waals surface area contributed by atoms with Crippen molar-refractivity contribution in [3.05, 3.63) is 34.2 Å². The van der Waals surface area contributed by atoms with E-state index in [2.05, 4.69) is 0 Å². The van der Waals surface area contributed by atoms with E-state index in [9.17, 15) is 14.7 Å². The first-order chi connectivity index (χ1) is 7.00. The average Bonchev–Trinajstić information content (AvgIpc) is 2.10. The normalized spacial score (nSPS) is 12.4. The number of rotatable bonds is 4. The predicted octanol–water partition coefficient (Wildman–Crippen LogP) is -0.00768. The van der Waals surface area contributed by atoms with E-state index in [0.29, 0.717) is 5.69 Å². The molecule has 1 rings (SSSR count). The Balaban J connectivity index is 2.80. The minimum Gasteiger partial charge on any atom is -0.481 e. The summed E-state index contributed by atoms with van der Waals surface area (Å²) < 4.78 is 1.35. The smallest absolute Gasteiger partial charge is 0.306 e. The van der Waals surface area contributed by atoms with Crippen molar-refractivity contribution in [2.24, 2.45) is 0 Å². The number of aliphatic hydroxyl groups is 1. The van der Waals surface area contributed by atoms with Gasteiger partial charge in [-0.1, -0.05) is 6.07 Å². The fraction of sp³-hybridized carbons (Fsp3) is 0.400. The molecule has 0 bridgehead atoms. The Kier molecular flexibility index (Phi) is 3.62. The van der Waals surface area contributed by atoms with Crippen molar-refractivity contribution >= 4 is 5.97 Å². The summed E-state index contributed by atoms with van der Waals surface area (Å²) in [5, 5.41) is 17.8. The van der Waals surface area contributed by atoms with Crippen LogP contribution in [0.15, 0.2) is 23.0 Å². The molecule has 0 fully saturated rings. The van der Waals surface area contributed by atoms with E-state index in [-0.39, 0.29) is 18.5 Å². The second-order valence-electron chi connectivity index (χ2n) is 3.37. The van der Waals surface area contributed by atoms with Crippen LogP contribution in [0.2, 0.25) is 0 Å². The zero-order chi connectivity index (χ0) is 11.4. The number of aliphatic carboxylic acids is 1. The fourth-order valence-electron chi connectivity index (χ4n) is 1.33. The van der Waals surface area contributed by atoms with Gasteiger partial charge in [0.1, 0.15) is 0 Å². The van der Waals surface area contributed by atoms with Crippen LogP contribution in [-0.2, 0) is 11.3 Å². The highest BCUT2D eigenvalue weighted by molar-refractivity contribution is 5.67. The lowest BCUT2D eigenvalue weighted by Crippen LogP contribution is -2.28. The maximum Gasteiger partial charge on any atom is 0.306 e. The van der Waals surface area contributed by atoms with Crippen LogP contribution in [0.1, 0.15) is 12.1 Å². The molecule has 5 heteroatoms. The number of carboxylic acid groups (broad SMARTS) is 1. The van der Waals surface area contributed by atoms with Crippen molar-refractivity contribution in [1.82, 2.24) is 4.57 Å². The minimum atomic E-state index is -1.08. The first kappa shape index (κ1) is 11.5. The third-order valence-corrected chi connectivity index (χ3v) is 2.07. The second-order valence-corrected chi connectivity index (χ2v) is 3.37. The first-order valence-corrected chi connectivity index (χ1v) is 4.57. The van der Waals surface area contributed by atoms with Crippen molar-refractivity contribution in [2.75, 3.05) is 0 Å². The van der Waals surface area contributed by atoms with Crippen LogP contribution in [0, 0.1) is 6.92 Å². The van der Waals surface area contributed by atoms with E-state index in [0.717, 1.165) is 0 Å². The molecule has 82 valence electrons. The number of nitrogens with zero attached hydrogens (tertiary/aromatic N) is 1. The predicted molar refractivity (Wildman–Crippen MR) is 53.7 cm³/mol. The number of aliphatic hydroxyl groups excluding tert-OH is 1. The zero-order valence-electron chi connectivity index (χ0n) is 8.38. The van der Waals surface area contributed by atoms with E-state index >= 15 is 0 Å². The van der Waals surface area contributed by atoms with Gasteiger partial charge in [0.05, 0.1) is 19.1 Å². The van der Waals surface area contributed by atoms with Gasteiger partial charge in [0.2, 0.25) is 0 Å². The Labute approximate surface area is 86.6 Å². The molecule has 0 radical (unpaired) electrons. The number of aromatic nitrogens is 1. The average molecular weight is 211 g/mol. The van der Waals surface area contributed by atoms with E-state index in [4.69, 9.17) is 5.11 Å². The van der Waals surface area contributed by atoms with Gasteiger partial charge >= 0.3 is 5.97 Å². The van der Waals surface area contributed by atoms with E-state index < -0.39 is 12.1 Å². The summed E-state index contributed by atoms with van der Waals surface area (Å²) in [5.74, 6) is -1.08. The third kappa shape index (κ3) is 3.21. The van der Waals surface area contributed by atoms with Gasteiger partial charge < -0.3 is 14.8 Å². The van der Waals surface area contributed by atoms with Crippen molar-refractivity contribution in [3.63, 3.8) is 0 Å². The molecule has 0 aliphatic carbocycles.